The van der Waals surface area contributed by atoms with E-state index in [2.05, 4.69) is 10.3 Å². The number of aryl methyl sites for hydroxylation is 1. The number of aromatic nitrogens is 1. The average Bonchev–Trinajstić information content (AvgIpc) is 2.98. The zero-order valence-electron chi connectivity index (χ0n) is 13.5. The fraction of sp³-hybridized carbons (Fsp3) is 0.222. The van der Waals surface area contributed by atoms with Crippen molar-refractivity contribution in [3.05, 3.63) is 48.0 Å². The summed E-state index contributed by atoms with van der Waals surface area (Å²) in [5.41, 5.74) is 1.76. The number of fused-ring (bicyclic) bond motifs is 1. The van der Waals surface area contributed by atoms with E-state index in [-0.39, 0.29) is 12.5 Å². The number of benzene rings is 2. The molecule has 1 heterocycles. The number of carbonyl (C=O) groups excluding carboxylic acids is 1. The van der Waals surface area contributed by atoms with Crippen molar-refractivity contribution in [2.24, 2.45) is 0 Å². The molecule has 3 aromatic rings. The lowest BCUT2D eigenvalue weighted by molar-refractivity contribution is -0.118. The van der Waals surface area contributed by atoms with Crippen LogP contribution in [0, 0.1) is 6.92 Å². The molecular weight excluding hydrogens is 324 g/mol. The van der Waals surface area contributed by atoms with Crippen LogP contribution in [0.25, 0.3) is 10.2 Å². The minimum atomic E-state index is -0.240. The minimum absolute atomic E-state index is 0.0565. The highest BCUT2D eigenvalue weighted by atomic mass is 32.1. The van der Waals surface area contributed by atoms with Crippen LogP contribution in [0.3, 0.4) is 0 Å². The second kappa shape index (κ2) is 7.31. The van der Waals surface area contributed by atoms with E-state index in [1.54, 1.807) is 0 Å². The van der Waals surface area contributed by atoms with Gasteiger partial charge in [-0.05, 0) is 37.6 Å². The first-order valence-electron chi connectivity index (χ1n) is 7.68. The van der Waals surface area contributed by atoms with Crippen LogP contribution in [-0.2, 0) is 4.79 Å². The van der Waals surface area contributed by atoms with Crippen molar-refractivity contribution in [3.63, 3.8) is 0 Å². The molecule has 0 bridgehead atoms. The number of thiazole rings is 1. The highest BCUT2D eigenvalue weighted by molar-refractivity contribution is 7.22. The van der Waals surface area contributed by atoms with Crippen LogP contribution in [0.4, 0.5) is 5.13 Å². The fourth-order valence-electron chi connectivity index (χ4n) is 2.27. The van der Waals surface area contributed by atoms with E-state index in [0.29, 0.717) is 17.5 Å². The average molecular weight is 342 g/mol. The van der Waals surface area contributed by atoms with Gasteiger partial charge in [0.2, 0.25) is 0 Å². The maximum atomic E-state index is 12.1. The molecule has 1 amide bonds. The molecule has 0 aliphatic heterocycles. The number of ether oxygens (including phenoxy) is 2. The molecule has 0 unspecified atom stereocenters. The summed E-state index contributed by atoms with van der Waals surface area (Å²) in [6, 6.07) is 13.3. The van der Waals surface area contributed by atoms with Crippen LogP contribution in [0.15, 0.2) is 42.5 Å². The smallest absolute Gasteiger partial charge is 0.264 e. The van der Waals surface area contributed by atoms with Gasteiger partial charge in [0.25, 0.3) is 5.91 Å². The molecule has 5 nitrogen and oxygen atoms in total. The summed E-state index contributed by atoms with van der Waals surface area (Å²) < 4.78 is 12.1. The van der Waals surface area contributed by atoms with Gasteiger partial charge in [0.05, 0.1) is 11.3 Å². The van der Waals surface area contributed by atoms with E-state index in [9.17, 15) is 4.79 Å². The SMILES string of the molecule is CCOc1cccc2sc(NC(=O)COc3ccccc3C)nc12. The molecule has 0 atom stereocenters. The number of para-hydroxylation sites is 2. The summed E-state index contributed by atoms with van der Waals surface area (Å²) >= 11 is 1.41. The number of hydrogen-bond donors (Lipinski definition) is 1. The van der Waals surface area contributed by atoms with Crippen LogP contribution < -0.4 is 14.8 Å². The van der Waals surface area contributed by atoms with Crippen molar-refractivity contribution in [3.8, 4) is 11.5 Å². The van der Waals surface area contributed by atoms with Gasteiger partial charge in [-0.2, -0.15) is 0 Å². The normalized spacial score (nSPS) is 10.6. The Morgan fingerprint density at radius 1 is 1.12 bits per heavy atom. The van der Waals surface area contributed by atoms with Crippen molar-refractivity contribution in [2.75, 3.05) is 18.5 Å². The molecule has 0 saturated heterocycles. The zero-order chi connectivity index (χ0) is 16.9. The Bertz CT molecular complexity index is 860. The van der Waals surface area contributed by atoms with Crippen LogP contribution in [0.5, 0.6) is 11.5 Å². The van der Waals surface area contributed by atoms with E-state index in [1.165, 1.54) is 11.3 Å². The third-order valence-electron chi connectivity index (χ3n) is 3.38. The number of nitrogens with zero attached hydrogens (tertiary/aromatic N) is 1. The maximum Gasteiger partial charge on any atom is 0.264 e. The monoisotopic (exact) mass is 342 g/mol. The first-order valence-corrected chi connectivity index (χ1v) is 8.49. The van der Waals surface area contributed by atoms with Gasteiger partial charge in [-0.25, -0.2) is 4.98 Å². The van der Waals surface area contributed by atoms with Crippen LogP contribution >= 0.6 is 11.3 Å². The van der Waals surface area contributed by atoms with Gasteiger partial charge in [-0.15, -0.1) is 0 Å². The lowest BCUT2D eigenvalue weighted by atomic mass is 10.2. The molecule has 0 saturated carbocycles. The van der Waals surface area contributed by atoms with E-state index < -0.39 is 0 Å². The van der Waals surface area contributed by atoms with E-state index in [0.717, 1.165) is 21.5 Å². The van der Waals surface area contributed by atoms with Gasteiger partial charge in [0.15, 0.2) is 11.7 Å². The van der Waals surface area contributed by atoms with Crippen molar-refractivity contribution in [1.82, 2.24) is 4.98 Å². The maximum absolute atomic E-state index is 12.1. The summed E-state index contributed by atoms with van der Waals surface area (Å²) in [5, 5.41) is 3.32. The predicted molar refractivity (Wildman–Crippen MR) is 96.1 cm³/mol. The standard InChI is InChI=1S/C18H18N2O3S/c1-3-22-14-9-6-10-15-17(14)20-18(24-15)19-16(21)11-23-13-8-5-4-7-12(13)2/h4-10H,3,11H2,1-2H3,(H,19,20,21). The van der Waals surface area contributed by atoms with Gasteiger partial charge < -0.3 is 9.47 Å². The number of hydrogen-bond acceptors (Lipinski definition) is 5. The van der Waals surface area contributed by atoms with Crippen LogP contribution in [0.2, 0.25) is 0 Å². The highest BCUT2D eigenvalue weighted by Gasteiger charge is 2.12. The largest absolute Gasteiger partial charge is 0.492 e. The zero-order valence-corrected chi connectivity index (χ0v) is 14.4. The molecule has 6 heteroatoms. The Hall–Kier alpha value is -2.60. The first-order chi connectivity index (χ1) is 11.7. The molecule has 0 radical (unpaired) electrons. The summed E-state index contributed by atoms with van der Waals surface area (Å²) in [6.07, 6.45) is 0. The first kappa shape index (κ1) is 16.3. The topological polar surface area (TPSA) is 60.5 Å². The molecular formula is C18H18N2O3S. The van der Waals surface area contributed by atoms with Crippen LogP contribution in [0.1, 0.15) is 12.5 Å². The number of carbonyl (C=O) groups is 1. The number of anilines is 1. The molecule has 0 spiro atoms. The lowest BCUT2D eigenvalue weighted by Gasteiger charge is -2.07. The minimum Gasteiger partial charge on any atom is -0.492 e. The Balaban J connectivity index is 1.67. The molecule has 0 fully saturated rings. The van der Waals surface area contributed by atoms with Crippen molar-refractivity contribution in [1.29, 1.82) is 0 Å². The van der Waals surface area contributed by atoms with E-state index >= 15 is 0 Å². The van der Waals surface area contributed by atoms with Crippen molar-refractivity contribution < 1.29 is 14.3 Å². The van der Waals surface area contributed by atoms with Gasteiger partial charge in [-0.3, -0.25) is 10.1 Å². The summed E-state index contributed by atoms with van der Waals surface area (Å²) in [5.74, 6) is 1.19. The number of amides is 1. The lowest BCUT2D eigenvalue weighted by Crippen LogP contribution is -2.20. The third-order valence-corrected chi connectivity index (χ3v) is 4.32. The number of rotatable bonds is 6. The quantitative estimate of drug-likeness (QED) is 0.735. The molecule has 0 aliphatic rings. The molecule has 1 aromatic heterocycles. The predicted octanol–water partition coefficient (Wildman–Crippen LogP) is 4.02. The molecule has 24 heavy (non-hydrogen) atoms. The van der Waals surface area contributed by atoms with Crippen molar-refractivity contribution >= 4 is 32.6 Å². The Morgan fingerprint density at radius 3 is 2.71 bits per heavy atom. The van der Waals surface area contributed by atoms with Gasteiger partial charge in [0, 0.05) is 0 Å². The Kier molecular flexibility index (Phi) is 4.96. The highest BCUT2D eigenvalue weighted by Crippen LogP contribution is 2.32. The second-order valence-electron chi connectivity index (χ2n) is 5.16. The Morgan fingerprint density at radius 2 is 1.92 bits per heavy atom. The van der Waals surface area contributed by atoms with E-state index in [1.807, 2.05) is 56.3 Å². The van der Waals surface area contributed by atoms with E-state index in [4.69, 9.17) is 9.47 Å². The van der Waals surface area contributed by atoms with Crippen molar-refractivity contribution in [2.45, 2.75) is 13.8 Å². The van der Waals surface area contributed by atoms with Crippen LogP contribution in [-0.4, -0.2) is 24.1 Å². The second-order valence-corrected chi connectivity index (χ2v) is 6.19. The summed E-state index contributed by atoms with van der Waals surface area (Å²) in [4.78, 5) is 16.5. The summed E-state index contributed by atoms with van der Waals surface area (Å²) in [7, 11) is 0. The molecule has 3 rings (SSSR count). The van der Waals surface area contributed by atoms with Gasteiger partial charge in [-0.1, -0.05) is 35.6 Å². The molecule has 1 N–H and O–H groups in total. The summed E-state index contributed by atoms with van der Waals surface area (Å²) in [6.45, 7) is 4.38. The molecule has 0 aliphatic carbocycles. The van der Waals surface area contributed by atoms with Gasteiger partial charge >= 0.3 is 0 Å². The number of nitrogens with one attached hydrogen (secondary N) is 1. The van der Waals surface area contributed by atoms with Gasteiger partial charge in [0.1, 0.15) is 17.0 Å². The fourth-order valence-corrected chi connectivity index (χ4v) is 3.17. The molecule has 2 aromatic carbocycles. The third kappa shape index (κ3) is 3.65. The molecule has 124 valence electrons. The Labute approximate surface area is 144 Å².